The lowest BCUT2D eigenvalue weighted by Gasteiger charge is -2.22. The molecule has 0 saturated carbocycles. The fourth-order valence-electron chi connectivity index (χ4n) is 1.97. The summed E-state index contributed by atoms with van der Waals surface area (Å²) in [6, 6.07) is 3.83. The predicted molar refractivity (Wildman–Crippen MR) is 81.8 cm³/mol. The Kier molecular flexibility index (Phi) is 5.11. The van der Waals surface area contributed by atoms with E-state index in [4.69, 9.17) is 5.11 Å². The van der Waals surface area contributed by atoms with Crippen LogP contribution in [0.5, 0.6) is 0 Å². The summed E-state index contributed by atoms with van der Waals surface area (Å²) in [6.07, 6.45) is 1.83. The Morgan fingerprint density at radius 2 is 2.20 bits per heavy atom. The first-order valence-corrected chi connectivity index (χ1v) is 9.46. The number of carboxylic acids is 1. The summed E-state index contributed by atoms with van der Waals surface area (Å²) in [5.41, 5.74) is 0.0454. The largest absolute Gasteiger partial charge is 0.478 e. The number of nitrogens with one attached hydrogen (secondary N) is 1. The van der Waals surface area contributed by atoms with E-state index in [-0.39, 0.29) is 21.0 Å². The molecule has 1 unspecified atom stereocenters. The second-order valence-corrected chi connectivity index (χ2v) is 8.17. The molecule has 0 amide bonds. The number of sulfonamides is 1. The Labute approximate surface area is 130 Å². The maximum Gasteiger partial charge on any atom is 0.335 e. The number of halogens is 1. The SMILES string of the molecule is O=C(O)c1ccc(S(=O)(=O)NC2CCCSC2)c(Br)c1. The van der Waals surface area contributed by atoms with Gasteiger partial charge < -0.3 is 5.11 Å². The van der Waals surface area contributed by atoms with Gasteiger partial charge in [-0.3, -0.25) is 0 Å². The first-order chi connectivity index (χ1) is 9.40. The minimum absolute atomic E-state index is 0.0454. The molecule has 5 nitrogen and oxygen atoms in total. The molecule has 1 fully saturated rings. The van der Waals surface area contributed by atoms with Crippen molar-refractivity contribution in [1.82, 2.24) is 4.72 Å². The predicted octanol–water partition coefficient (Wildman–Crippen LogP) is 2.32. The molecule has 20 heavy (non-hydrogen) atoms. The van der Waals surface area contributed by atoms with Gasteiger partial charge in [0.2, 0.25) is 10.0 Å². The third-order valence-corrected chi connectivity index (χ3v) is 6.66. The molecule has 2 rings (SSSR count). The first kappa shape index (κ1) is 15.8. The molecule has 110 valence electrons. The zero-order valence-electron chi connectivity index (χ0n) is 10.5. The Morgan fingerprint density at radius 1 is 1.45 bits per heavy atom. The number of benzene rings is 1. The van der Waals surface area contributed by atoms with Crippen molar-refractivity contribution in [3.63, 3.8) is 0 Å². The molecule has 0 bridgehead atoms. The van der Waals surface area contributed by atoms with Crippen molar-refractivity contribution in [2.24, 2.45) is 0 Å². The van der Waals surface area contributed by atoms with E-state index in [2.05, 4.69) is 20.7 Å². The molecular formula is C12H14BrNO4S2. The van der Waals surface area contributed by atoms with Crippen LogP contribution in [0.4, 0.5) is 0 Å². The van der Waals surface area contributed by atoms with Crippen molar-refractivity contribution in [2.45, 2.75) is 23.8 Å². The number of thioether (sulfide) groups is 1. The van der Waals surface area contributed by atoms with E-state index in [9.17, 15) is 13.2 Å². The van der Waals surface area contributed by atoms with Gasteiger partial charge in [-0.2, -0.15) is 11.8 Å². The lowest BCUT2D eigenvalue weighted by molar-refractivity contribution is 0.0696. The lowest BCUT2D eigenvalue weighted by atomic mass is 10.2. The van der Waals surface area contributed by atoms with Gasteiger partial charge in [-0.25, -0.2) is 17.9 Å². The van der Waals surface area contributed by atoms with Crippen molar-refractivity contribution in [3.8, 4) is 0 Å². The van der Waals surface area contributed by atoms with Crippen molar-refractivity contribution in [2.75, 3.05) is 11.5 Å². The number of rotatable bonds is 4. The summed E-state index contributed by atoms with van der Waals surface area (Å²) < 4.78 is 27.5. The molecule has 0 spiro atoms. The van der Waals surface area contributed by atoms with E-state index in [1.807, 2.05) is 0 Å². The summed E-state index contributed by atoms with van der Waals surface area (Å²) >= 11 is 4.86. The quantitative estimate of drug-likeness (QED) is 0.838. The number of hydrogen-bond acceptors (Lipinski definition) is 4. The van der Waals surface area contributed by atoms with E-state index >= 15 is 0 Å². The molecule has 1 saturated heterocycles. The molecule has 1 aliphatic heterocycles. The van der Waals surface area contributed by atoms with Gasteiger partial charge >= 0.3 is 5.97 Å². The molecule has 2 N–H and O–H groups in total. The molecule has 8 heteroatoms. The Hall–Kier alpha value is -0.570. The maximum atomic E-state index is 12.3. The van der Waals surface area contributed by atoms with Gasteiger partial charge in [0.05, 0.1) is 10.5 Å². The molecule has 1 heterocycles. The highest BCUT2D eigenvalue weighted by Gasteiger charge is 2.24. The molecule has 1 aromatic rings. The average Bonchev–Trinajstić information content (AvgIpc) is 2.38. The van der Waals surface area contributed by atoms with Gasteiger partial charge in [-0.05, 0) is 52.7 Å². The summed E-state index contributed by atoms with van der Waals surface area (Å²) in [5, 5.41) is 8.88. The van der Waals surface area contributed by atoms with Crippen LogP contribution in [-0.4, -0.2) is 37.0 Å². The second-order valence-electron chi connectivity index (χ2n) is 4.49. The van der Waals surface area contributed by atoms with Crippen LogP contribution in [0, 0.1) is 0 Å². The topological polar surface area (TPSA) is 83.5 Å². The van der Waals surface area contributed by atoms with E-state index in [1.165, 1.54) is 18.2 Å². The van der Waals surface area contributed by atoms with Crippen LogP contribution in [0.3, 0.4) is 0 Å². The third kappa shape index (κ3) is 3.75. The summed E-state index contributed by atoms with van der Waals surface area (Å²) in [6.45, 7) is 0. The fourth-order valence-corrected chi connectivity index (χ4v) is 5.49. The van der Waals surface area contributed by atoms with Gasteiger partial charge in [-0.1, -0.05) is 0 Å². The molecule has 1 aliphatic rings. The van der Waals surface area contributed by atoms with Gasteiger partial charge in [0.25, 0.3) is 0 Å². The summed E-state index contributed by atoms with van der Waals surface area (Å²) in [5.74, 6) is 0.741. The molecule has 0 aliphatic carbocycles. The van der Waals surface area contributed by atoms with Crippen LogP contribution in [-0.2, 0) is 10.0 Å². The van der Waals surface area contributed by atoms with Crippen molar-refractivity contribution in [3.05, 3.63) is 28.2 Å². The van der Waals surface area contributed by atoms with Crippen LogP contribution in [0.25, 0.3) is 0 Å². The second kappa shape index (κ2) is 6.46. The summed E-state index contributed by atoms with van der Waals surface area (Å²) in [7, 11) is -3.64. The van der Waals surface area contributed by atoms with Crippen LogP contribution >= 0.6 is 27.7 Å². The maximum absolute atomic E-state index is 12.3. The normalized spacial score (nSPS) is 19.8. The summed E-state index contributed by atoms with van der Waals surface area (Å²) in [4.78, 5) is 10.9. The van der Waals surface area contributed by atoms with Crippen molar-refractivity contribution in [1.29, 1.82) is 0 Å². The van der Waals surface area contributed by atoms with Gasteiger partial charge in [-0.15, -0.1) is 0 Å². The number of hydrogen-bond donors (Lipinski definition) is 2. The Bertz CT molecular complexity index is 612. The average molecular weight is 380 g/mol. The number of carboxylic acid groups (broad SMARTS) is 1. The fraction of sp³-hybridized carbons (Fsp3) is 0.417. The molecular weight excluding hydrogens is 366 g/mol. The standard InChI is InChI=1S/C12H14BrNO4S2/c13-10-6-8(12(15)16)3-4-11(10)20(17,18)14-9-2-1-5-19-7-9/h3-4,6,9,14H,1-2,5,7H2,(H,15,16). The van der Waals surface area contributed by atoms with Crippen molar-refractivity contribution >= 4 is 43.7 Å². The smallest absolute Gasteiger partial charge is 0.335 e. The Morgan fingerprint density at radius 3 is 2.75 bits per heavy atom. The van der Waals surface area contributed by atoms with E-state index < -0.39 is 16.0 Å². The van der Waals surface area contributed by atoms with Crippen LogP contribution in [0.1, 0.15) is 23.2 Å². The highest BCUT2D eigenvalue weighted by molar-refractivity contribution is 9.10. The third-order valence-electron chi connectivity index (χ3n) is 2.95. The number of carbonyl (C=O) groups is 1. The van der Waals surface area contributed by atoms with E-state index in [0.29, 0.717) is 0 Å². The van der Waals surface area contributed by atoms with E-state index in [1.54, 1.807) is 11.8 Å². The van der Waals surface area contributed by atoms with Crippen LogP contribution < -0.4 is 4.72 Å². The minimum atomic E-state index is -3.64. The van der Waals surface area contributed by atoms with Crippen LogP contribution in [0.2, 0.25) is 0 Å². The number of aromatic carboxylic acids is 1. The zero-order valence-corrected chi connectivity index (χ0v) is 13.7. The van der Waals surface area contributed by atoms with Gasteiger partial charge in [0.1, 0.15) is 0 Å². The minimum Gasteiger partial charge on any atom is -0.478 e. The lowest BCUT2D eigenvalue weighted by Crippen LogP contribution is -2.38. The van der Waals surface area contributed by atoms with Gasteiger partial charge in [0, 0.05) is 16.3 Å². The monoisotopic (exact) mass is 379 g/mol. The molecule has 0 radical (unpaired) electrons. The zero-order chi connectivity index (χ0) is 14.8. The van der Waals surface area contributed by atoms with E-state index in [0.717, 1.165) is 24.3 Å². The van der Waals surface area contributed by atoms with Crippen molar-refractivity contribution < 1.29 is 18.3 Å². The highest BCUT2D eigenvalue weighted by Crippen LogP contribution is 2.25. The van der Waals surface area contributed by atoms with Crippen LogP contribution in [0.15, 0.2) is 27.6 Å². The van der Waals surface area contributed by atoms with Gasteiger partial charge in [0.15, 0.2) is 0 Å². The first-order valence-electron chi connectivity index (χ1n) is 6.03. The molecule has 1 aromatic carbocycles. The Balaban J connectivity index is 2.22. The highest BCUT2D eigenvalue weighted by atomic mass is 79.9. The molecule has 0 aromatic heterocycles. The molecule has 1 atom stereocenters.